The van der Waals surface area contributed by atoms with Gasteiger partial charge >= 0.3 is 51.4 Å². The predicted molar refractivity (Wildman–Crippen MR) is 78.8 cm³/mol. The Morgan fingerprint density at radius 1 is 1.23 bits per heavy atom. The van der Waals surface area contributed by atoms with Crippen LogP contribution in [0.3, 0.4) is 0 Å². The van der Waals surface area contributed by atoms with Crippen molar-refractivity contribution in [1.82, 2.24) is 5.01 Å². The Labute approximate surface area is 174 Å². The first-order chi connectivity index (χ1) is 9.85. The van der Waals surface area contributed by atoms with E-state index < -0.39 is 15.9 Å². The van der Waals surface area contributed by atoms with Gasteiger partial charge in [-0.2, -0.15) is 12.8 Å². The van der Waals surface area contributed by atoms with E-state index >= 15 is 0 Å². The van der Waals surface area contributed by atoms with Gasteiger partial charge in [-0.1, -0.05) is 18.6 Å². The van der Waals surface area contributed by atoms with Gasteiger partial charge < -0.3 is 5.11 Å². The average Bonchev–Trinajstić information content (AvgIpc) is 2.43. The van der Waals surface area contributed by atoms with Crippen LogP contribution in [0.1, 0.15) is 26.2 Å². The maximum atomic E-state index is 11.9. The first kappa shape index (κ1) is 21.7. The molecule has 0 atom stereocenters. The molecule has 0 unspecified atom stereocenters. The van der Waals surface area contributed by atoms with Crippen molar-refractivity contribution in [3.8, 4) is 0 Å². The molecule has 0 aliphatic heterocycles. The fourth-order valence-electron chi connectivity index (χ4n) is 1.39. The van der Waals surface area contributed by atoms with E-state index in [1.807, 2.05) is 6.92 Å². The molecule has 9 heteroatoms. The normalized spacial score (nSPS) is 12.2. The molecule has 7 nitrogen and oxygen atoms in total. The minimum Gasteiger partial charge on any atom is -0.861 e. The number of unbranched alkanes of at least 4 members (excludes halogenated alkanes) is 1. The number of hydrogen-bond donors (Lipinski definition) is 0. The van der Waals surface area contributed by atoms with Gasteiger partial charge in [0.15, 0.2) is 0 Å². The summed E-state index contributed by atoms with van der Waals surface area (Å²) in [6, 6.07) is 5.73. The van der Waals surface area contributed by atoms with Gasteiger partial charge in [0.2, 0.25) is 0 Å². The van der Waals surface area contributed by atoms with Crippen LogP contribution in [-0.2, 0) is 10.0 Å². The topological polar surface area (TPSA) is 97.5 Å². The van der Waals surface area contributed by atoms with Crippen LogP contribution in [0.4, 0.5) is 5.69 Å². The van der Waals surface area contributed by atoms with Crippen LogP contribution in [0.15, 0.2) is 43.9 Å². The monoisotopic (exact) mass is 350 g/mol. The van der Waals surface area contributed by atoms with Crippen LogP contribution in [0.2, 0.25) is 0 Å². The van der Waals surface area contributed by atoms with Gasteiger partial charge in [-0.25, -0.2) is 0 Å². The van der Waals surface area contributed by atoms with Crippen LogP contribution < -0.4 is 56.5 Å². The van der Waals surface area contributed by atoms with Gasteiger partial charge in [-0.15, -0.1) is 5.11 Å². The molecule has 0 N–H and O–H groups in total. The summed E-state index contributed by atoms with van der Waals surface area (Å²) in [5, 5.41) is 20.7. The van der Waals surface area contributed by atoms with Crippen molar-refractivity contribution in [1.29, 1.82) is 0 Å². The quantitative estimate of drug-likeness (QED) is 0.205. The van der Waals surface area contributed by atoms with Crippen molar-refractivity contribution in [3.05, 3.63) is 24.3 Å². The van der Waals surface area contributed by atoms with Crippen LogP contribution >= 0.6 is 0 Å². The first-order valence-electron chi connectivity index (χ1n) is 6.55. The molecular weight excluding hydrogens is 331 g/mol. The Hall–Kier alpha value is -0.324. The SMILES string of the molecule is CCCCC([O-])=NS(=O)(=O)c1ccc(N=NN(C)C)cc1.[K+]. The number of hydrogen-bond acceptors (Lipinski definition) is 5. The van der Waals surface area contributed by atoms with Crippen LogP contribution in [0.25, 0.3) is 0 Å². The fourth-order valence-corrected chi connectivity index (χ4v) is 2.33. The van der Waals surface area contributed by atoms with E-state index in [9.17, 15) is 13.5 Å². The molecular formula is C13H19KN4O3S. The molecule has 0 saturated heterocycles. The third-order valence-electron chi connectivity index (χ3n) is 2.44. The largest absolute Gasteiger partial charge is 1.00 e. The van der Waals surface area contributed by atoms with Gasteiger partial charge in [0.1, 0.15) is 0 Å². The molecule has 0 saturated carbocycles. The molecule has 0 aliphatic carbocycles. The maximum absolute atomic E-state index is 11.9. The van der Waals surface area contributed by atoms with Crippen molar-refractivity contribution < 1.29 is 64.9 Å². The van der Waals surface area contributed by atoms with E-state index in [4.69, 9.17) is 0 Å². The second-order valence-electron chi connectivity index (χ2n) is 4.59. The average molecular weight is 350 g/mol. The molecule has 0 aromatic heterocycles. The summed E-state index contributed by atoms with van der Waals surface area (Å²) < 4.78 is 27.2. The smallest absolute Gasteiger partial charge is 0.861 e. The maximum Gasteiger partial charge on any atom is 1.00 e. The molecule has 0 heterocycles. The summed E-state index contributed by atoms with van der Waals surface area (Å²) in [6.07, 6.45) is 1.58. The summed E-state index contributed by atoms with van der Waals surface area (Å²) >= 11 is 0. The van der Waals surface area contributed by atoms with E-state index in [2.05, 4.69) is 14.7 Å². The molecule has 0 radical (unpaired) electrons. The summed E-state index contributed by atoms with van der Waals surface area (Å²) in [5.41, 5.74) is 0.514. The molecule has 0 fully saturated rings. The van der Waals surface area contributed by atoms with Gasteiger partial charge in [0.25, 0.3) is 10.0 Å². The molecule has 1 rings (SSSR count). The second-order valence-corrected chi connectivity index (χ2v) is 6.20. The standard InChI is InChI=1S/C13H20N4O3S.K/c1-4-5-6-13(18)15-21(19,20)12-9-7-11(8-10-12)14-16-17(2)3;/h7-10H,4-6H2,1-3H3,(H,15,18);/q;+1/p-1. The van der Waals surface area contributed by atoms with Gasteiger partial charge in [0.05, 0.1) is 10.6 Å². The molecule has 0 bridgehead atoms. The number of rotatable bonds is 7. The molecule has 116 valence electrons. The number of benzene rings is 1. The van der Waals surface area contributed by atoms with E-state index in [0.29, 0.717) is 12.1 Å². The molecule has 1 aromatic rings. The van der Waals surface area contributed by atoms with E-state index in [-0.39, 0.29) is 62.7 Å². The van der Waals surface area contributed by atoms with Crippen LogP contribution in [0, 0.1) is 0 Å². The van der Waals surface area contributed by atoms with Crippen molar-refractivity contribution >= 4 is 21.6 Å². The predicted octanol–water partition coefficient (Wildman–Crippen LogP) is -1.11. The number of nitrogens with zero attached hydrogens (tertiary/aromatic N) is 4. The van der Waals surface area contributed by atoms with Gasteiger partial charge in [0, 0.05) is 14.1 Å². The first-order valence-corrected chi connectivity index (χ1v) is 7.99. The Kier molecular flexibility index (Phi) is 10.3. The Morgan fingerprint density at radius 3 is 2.32 bits per heavy atom. The molecule has 0 aliphatic rings. The Balaban J connectivity index is 0.00000441. The summed E-state index contributed by atoms with van der Waals surface area (Å²) in [5.74, 6) is -0.617. The third-order valence-corrected chi connectivity index (χ3v) is 3.75. The molecule has 0 amide bonds. The molecule has 0 spiro atoms. The van der Waals surface area contributed by atoms with Gasteiger partial charge in [-0.3, -0.25) is 5.01 Å². The minimum absolute atomic E-state index is 0. The van der Waals surface area contributed by atoms with Crippen molar-refractivity contribution in [2.45, 2.75) is 31.1 Å². The summed E-state index contributed by atoms with van der Waals surface area (Å²) in [6.45, 7) is 1.92. The Bertz CT molecular complexity index is 613. The van der Waals surface area contributed by atoms with Crippen LogP contribution in [0.5, 0.6) is 0 Å². The van der Waals surface area contributed by atoms with E-state index in [0.717, 1.165) is 6.42 Å². The van der Waals surface area contributed by atoms with Crippen molar-refractivity contribution in [2.75, 3.05) is 14.1 Å². The number of sulfonamides is 1. The van der Waals surface area contributed by atoms with Gasteiger partial charge in [-0.05, 0) is 43.0 Å². The summed E-state index contributed by atoms with van der Waals surface area (Å²) in [7, 11) is -0.495. The zero-order valence-electron chi connectivity index (χ0n) is 13.4. The Morgan fingerprint density at radius 2 is 1.82 bits per heavy atom. The second kappa shape index (κ2) is 10.5. The van der Waals surface area contributed by atoms with Crippen LogP contribution in [-0.4, -0.2) is 33.4 Å². The molecule has 22 heavy (non-hydrogen) atoms. The van der Waals surface area contributed by atoms with Crippen molar-refractivity contribution in [3.63, 3.8) is 0 Å². The fraction of sp³-hybridized carbons (Fsp3) is 0.462. The van der Waals surface area contributed by atoms with Crippen molar-refractivity contribution in [2.24, 2.45) is 14.7 Å². The van der Waals surface area contributed by atoms with E-state index in [1.165, 1.54) is 29.3 Å². The van der Waals surface area contributed by atoms with E-state index in [1.54, 1.807) is 14.1 Å². The molecule has 1 aromatic carbocycles. The third kappa shape index (κ3) is 7.79. The summed E-state index contributed by atoms with van der Waals surface area (Å²) in [4.78, 5) is -0.0313. The zero-order chi connectivity index (χ0) is 15.9. The minimum atomic E-state index is -3.95. The zero-order valence-corrected chi connectivity index (χ0v) is 17.3.